The van der Waals surface area contributed by atoms with Gasteiger partial charge >= 0.3 is 0 Å². The van der Waals surface area contributed by atoms with Gasteiger partial charge in [-0.15, -0.1) is 0 Å². The van der Waals surface area contributed by atoms with E-state index in [4.69, 9.17) is 16.9 Å². The van der Waals surface area contributed by atoms with E-state index in [1.807, 2.05) is 42.5 Å². The number of nitrogens with one attached hydrogen (secondary N) is 2. The van der Waals surface area contributed by atoms with Crippen molar-refractivity contribution < 1.29 is 4.79 Å². The van der Waals surface area contributed by atoms with E-state index in [1.54, 1.807) is 23.2 Å². The number of fused-ring (bicyclic) bond motifs is 1. The first-order valence-corrected chi connectivity index (χ1v) is 10.6. The van der Waals surface area contributed by atoms with Crippen LogP contribution in [0, 0.1) is 5.41 Å². The molecule has 1 saturated heterocycles. The van der Waals surface area contributed by atoms with E-state index in [1.165, 1.54) is 0 Å². The first kappa shape index (κ1) is 20.0. The molecule has 0 radical (unpaired) electrons. The molecule has 2 aromatic heterocycles. The predicted molar refractivity (Wildman–Crippen MR) is 127 cm³/mol. The molecule has 1 aliphatic rings. The number of anilines is 1. The second-order valence-corrected chi connectivity index (χ2v) is 8.19. The summed E-state index contributed by atoms with van der Waals surface area (Å²) in [6.07, 6.45) is 2.54. The van der Waals surface area contributed by atoms with Crippen molar-refractivity contribution in [1.82, 2.24) is 14.9 Å². The van der Waals surface area contributed by atoms with Crippen molar-refractivity contribution in [2.45, 2.75) is 12.5 Å². The lowest BCUT2D eigenvalue weighted by Crippen LogP contribution is -2.37. The van der Waals surface area contributed by atoms with Crippen molar-refractivity contribution in [3.63, 3.8) is 0 Å². The van der Waals surface area contributed by atoms with E-state index in [9.17, 15) is 4.79 Å². The van der Waals surface area contributed by atoms with Crippen LogP contribution in [0.5, 0.6) is 0 Å². The molecule has 7 nitrogen and oxygen atoms in total. The topological polar surface area (TPSA) is 125 Å². The van der Waals surface area contributed by atoms with Gasteiger partial charge in [0.2, 0.25) is 0 Å². The normalized spacial score (nSPS) is 15.9. The third kappa shape index (κ3) is 3.63. The smallest absolute Gasteiger partial charge is 0.272 e. The molecule has 0 aliphatic carbocycles. The van der Waals surface area contributed by atoms with Crippen molar-refractivity contribution in [3.05, 3.63) is 72.4 Å². The van der Waals surface area contributed by atoms with Gasteiger partial charge in [0.25, 0.3) is 5.91 Å². The van der Waals surface area contributed by atoms with E-state index in [0.29, 0.717) is 24.3 Å². The van der Waals surface area contributed by atoms with Crippen LogP contribution in [0.3, 0.4) is 0 Å². The molecule has 32 heavy (non-hydrogen) atoms. The van der Waals surface area contributed by atoms with Gasteiger partial charge < -0.3 is 21.4 Å². The molecule has 1 aliphatic heterocycles. The highest BCUT2D eigenvalue weighted by atomic mass is 16.2. The Morgan fingerprint density at radius 3 is 2.62 bits per heavy atom. The minimum atomic E-state index is -0.339. The minimum Gasteiger partial charge on any atom is -0.398 e. The lowest BCUT2D eigenvalue weighted by atomic mass is 9.99. The molecule has 5 rings (SSSR count). The number of nitrogen functional groups attached to an aromatic ring is 1. The summed E-state index contributed by atoms with van der Waals surface area (Å²) in [5.41, 5.74) is 17.4. The third-order valence-corrected chi connectivity index (χ3v) is 5.94. The summed E-state index contributed by atoms with van der Waals surface area (Å²) >= 11 is 0. The largest absolute Gasteiger partial charge is 0.398 e. The zero-order valence-electron chi connectivity index (χ0n) is 17.5. The Labute approximate surface area is 185 Å². The van der Waals surface area contributed by atoms with Crippen LogP contribution in [0.2, 0.25) is 0 Å². The highest BCUT2D eigenvalue weighted by molar-refractivity contribution is 6.45. The van der Waals surface area contributed by atoms with Gasteiger partial charge in [-0.05, 0) is 41.8 Å². The van der Waals surface area contributed by atoms with Gasteiger partial charge in [0.1, 0.15) is 11.4 Å². The zero-order chi connectivity index (χ0) is 22.2. The van der Waals surface area contributed by atoms with Crippen LogP contribution in [0.4, 0.5) is 5.69 Å². The molecular weight excluding hydrogens is 400 g/mol. The number of benzene rings is 2. The molecule has 7 heteroatoms. The quantitative estimate of drug-likeness (QED) is 0.296. The number of amides is 1. The maximum Gasteiger partial charge on any atom is 0.272 e. The number of hydrogen-bond acceptors (Lipinski definition) is 5. The van der Waals surface area contributed by atoms with E-state index in [0.717, 1.165) is 39.8 Å². The van der Waals surface area contributed by atoms with Crippen LogP contribution in [0.25, 0.3) is 33.4 Å². The highest BCUT2D eigenvalue weighted by Crippen LogP contribution is 2.29. The second-order valence-electron chi connectivity index (χ2n) is 8.19. The van der Waals surface area contributed by atoms with Gasteiger partial charge in [0.05, 0.1) is 0 Å². The van der Waals surface area contributed by atoms with Crippen molar-refractivity contribution in [1.29, 1.82) is 5.41 Å². The molecule has 1 amide bonds. The number of carbonyl (C=O) groups excluding carboxylic acids is 1. The fraction of sp³-hybridized carbons (Fsp3) is 0.160. The van der Waals surface area contributed by atoms with Crippen molar-refractivity contribution in [2.24, 2.45) is 5.73 Å². The summed E-state index contributed by atoms with van der Waals surface area (Å²) in [6, 6.07) is 19.6. The SMILES string of the molecule is N=C(C(=O)N1CC[C@H](N)C1)c1cc(-c2cnc3[nH]c(-c4ccccc4)cc3c2)ccc1N. The molecule has 1 atom stereocenters. The van der Waals surface area contributed by atoms with Crippen LogP contribution in [-0.4, -0.2) is 45.6 Å². The Balaban J connectivity index is 1.47. The molecule has 6 N–H and O–H groups in total. The third-order valence-electron chi connectivity index (χ3n) is 5.94. The Hall–Kier alpha value is -3.97. The monoisotopic (exact) mass is 424 g/mol. The maximum absolute atomic E-state index is 12.8. The first-order chi connectivity index (χ1) is 15.5. The molecule has 3 heterocycles. The van der Waals surface area contributed by atoms with Crippen LogP contribution in [0.15, 0.2) is 66.9 Å². The Morgan fingerprint density at radius 2 is 1.88 bits per heavy atom. The average molecular weight is 425 g/mol. The summed E-state index contributed by atoms with van der Waals surface area (Å²) in [5.74, 6) is -0.339. The number of nitrogens with zero attached hydrogens (tertiary/aromatic N) is 2. The molecule has 0 saturated carbocycles. The lowest BCUT2D eigenvalue weighted by molar-refractivity contribution is -0.123. The fourth-order valence-corrected chi connectivity index (χ4v) is 4.14. The van der Waals surface area contributed by atoms with Crippen LogP contribution >= 0.6 is 0 Å². The summed E-state index contributed by atoms with van der Waals surface area (Å²) < 4.78 is 0. The van der Waals surface area contributed by atoms with E-state index in [2.05, 4.69) is 16.0 Å². The van der Waals surface area contributed by atoms with Gasteiger partial charge in [-0.2, -0.15) is 0 Å². The van der Waals surface area contributed by atoms with E-state index < -0.39 is 0 Å². The van der Waals surface area contributed by atoms with Gasteiger partial charge in [-0.3, -0.25) is 10.2 Å². The summed E-state index contributed by atoms with van der Waals surface area (Å²) in [5, 5.41) is 9.45. The Morgan fingerprint density at radius 1 is 1.06 bits per heavy atom. The number of carbonyl (C=O) groups is 1. The van der Waals surface area contributed by atoms with Crippen molar-refractivity contribution >= 4 is 28.3 Å². The van der Waals surface area contributed by atoms with Crippen molar-refractivity contribution in [3.8, 4) is 22.4 Å². The molecule has 0 unspecified atom stereocenters. The number of rotatable bonds is 4. The lowest BCUT2D eigenvalue weighted by Gasteiger charge is -2.17. The second kappa shape index (κ2) is 7.94. The molecular formula is C25H24N6O. The fourth-order valence-electron chi connectivity index (χ4n) is 4.14. The zero-order valence-corrected chi connectivity index (χ0v) is 17.5. The first-order valence-electron chi connectivity index (χ1n) is 10.6. The summed E-state index contributed by atoms with van der Waals surface area (Å²) in [6.45, 7) is 1.04. The average Bonchev–Trinajstić information content (AvgIpc) is 3.45. The molecule has 2 aromatic carbocycles. The maximum atomic E-state index is 12.8. The highest BCUT2D eigenvalue weighted by Gasteiger charge is 2.27. The van der Waals surface area contributed by atoms with Crippen LogP contribution < -0.4 is 11.5 Å². The Kier molecular flexibility index (Phi) is 4.95. The number of pyridine rings is 1. The number of hydrogen-bond donors (Lipinski definition) is 4. The number of aromatic amines is 1. The van der Waals surface area contributed by atoms with E-state index >= 15 is 0 Å². The van der Waals surface area contributed by atoms with Gasteiger partial charge in [-0.1, -0.05) is 36.4 Å². The van der Waals surface area contributed by atoms with E-state index in [-0.39, 0.29) is 17.7 Å². The molecule has 4 aromatic rings. The molecule has 1 fully saturated rings. The molecule has 160 valence electrons. The number of nitrogens with two attached hydrogens (primary N) is 2. The summed E-state index contributed by atoms with van der Waals surface area (Å²) in [7, 11) is 0. The Bertz CT molecular complexity index is 1330. The van der Waals surface area contributed by atoms with Crippen molar-refractivity contribution in [2.75, 3.05) is 18.8 Å². The predicted octanol–water partition coefficient (Wildman–Crippen LogP) is 3.41. The van der Waals surface area contributed by atoms with Crippen LogP contribution in [-0.2, 0) is 4.79 Å². The number of aromatic nitrogens is 2. The van der Waals surface area contributed by atoms with Gasteiger partial charge in [0, 0.05) is 53.2 Å². The standard InChI is InChI=1S/C25H24N6O/c26-19-8-9-31(14-19)25(32)23(28)20-11-16(6-7-21(20)27)18-10-17-12-22(30-24(17)29-13-18)15-4-2-1-3-5-15/h1-7,10-13,19,28H,8-9,14,26-27H2,(H,29,30)/t19-/m0/s1. The number of H-pyrrole nitrogens is 1. The van der Waals surface area contributed by atoms with Gasteiger partial charge in [-0.25, -0.2) is 4.98 Å². The minimum absolute atomic E-state index is 0.0321. The van der Waals surface area contributed by atoms with Gasteiger partial charge in [0.15, 0.2) is 0 Å². The molecule has 0 bridgehead atoms. The summed E-state index contributed by atoms with van der Waals surface area (Å²) in [4.78, 5) is 22.3. The number of likely N-dealkylation sites (tertiary alicyclic amines) is 1. The molecule has 0 spiro atoms. The van der Waals surface area contributed by atoms with Crippen LogP contribution in [0.1, 0.15) is 12.0 Å².